The van der Waals surface area contributed by atoms with E-state index in [4.69, 9.17) is 9.97 Å². The quantitative estimate of drug-likeness (QED) is 0.168. The van der Waals surface area contributed by atoms with E-state index in [1.807, 2.05) is 6.07 Å². The third kappa shape index (κ3) is 5.77. The van der Waals surface area contributed by atoms with Gasteiger partial charge in [-0.2, -0.15) is 0 Å². The van der Waals surface area contributed by atoms with Crippen LogP contribution in [-0.4, -0.2) is 19.1 Å². The summed E-state index contributed by atoms with van der Waals surface area (Å²) in [6.45, 7) is 0. The maximum atomic E-state index is 5.24. The number of benzene rings is 10. The minimum atomic E-state index is 0.692. The largest absolute Gasteiger partial charge is 0.309 e. The summed E-state index contributed by atoms with van der Waals surface area (Å²) in [6, 6.07) is 82.7. The smallest absolute Gasteiger partial charge is 0.160 e. The molecule has 0 amide bonds. The highest BCUT2D eigenvalue weighted by Crippen LogP contribution is 2.41. The van der Waals surface area contributed by atoms with Crippen molar-refractivity contribution in [3.63, 3.8) is 0 Å². The second kappa shape index (κ2) is 14.5. The van der Waals surface area contributed by atoms with E-state index in [0.717, 1.165) is 44.8 Å². The fourth-order valence-electron chi connectivity index (χ4n) is 9.91. The third-order valence-electron chi connectivity index (χ3n) is 12.9. The molecule has 0 atom stereocenters. The first-order valence-corrected chi connectivity index (χ1v) is 21.8. The molecule has 4 heteroatoms. The molecule has 0 aliphatic heterocycles. The summed E-state index contributed by atoms with van der Waals surface area (Å²) in [5.41, 5.74) is 14.1. The normalized spacial score (nSPS) is 11.8. The lowest BCUT2D eigenvalue weighted by molar-refractivity contribution is 1.16. The highest BCUT2D eigenvalue weighted by molar-refractivity contribution is 6.19. The molecule has 64 heavy (non-hydrogen) atoms. The van der Waals surface area contributed by atoms with Gasteiger partial charge >= 0.3 is 0 Å². The summed E-state index contributed by atoms with van der Waals surface area (Å²) in [6.07, 6.45) is 0. The van der Waals surface area contributed by atoms with Crippen LogP contribution in [0.5, 0.6) is 0 Å². The highest BCUT2D eigenvalue weighted by atomic mass is 15.0. The van der Waals surface area contributed by atoms with Gasteiger partial charge in [0.05, 0.1) is 39.1 Å². The van der Waals surface area contributed by atoms with Crippen molar-refractivity contribution >= 4 is 65.2 Å². The van der Waals surface area contributed by atoms with Crippen LogP contribution in [0.15, 0.2) is 231 Å². The number of aromatic nitrogens is 4. The first-order chi connectivity index (χ1) is 31.7. The zero-order valence-corrected chi connectivity index (χ0v) is 34.7. The molecule has 13 rings (SSSR count). The van der Waals surface area contributed by atoms with Gasteiger partial charge in [-0.05, 0) is 75.8 Å². The number of para-hydroxylation sites is 2. The van der Waals surface area contributed by atoms with Gasteiger partial charge in [-0.15, -0.1) is 0 Å². The molecule has 13 aromatic rings. The lowest BCUT2D eigenvalue weighted by Crippen LogP contribution is -1.98. The van der Waals surface area contributed by atoms with Crippen molar-refractivity contribution < 1.29 is 0 Å². The molecule has 0 aliphatic rings. The summed E-state index contributed by atoms with van der Waals surface area (Å²) in [5, 5.41) is 9.86. The predicted octanol–water partition coefficient (Wildman–Crippen LogP) is 15.6. The lowest BCUT2D eigenvalue weighted by atomic mass is 9.97. The Balaban J connectivity index is 0.950. The number of nitrogens with zero attached hydrogens (tertiary/aromatic N) is 4. The second-order valence-electron chi connectivity index (χ2n) is 16.6. The van der Waals surface area contributed by atoms with Crippen LogP contribution in [0.3, 0.4) is 0 Å². The average Bonchev–Trinajstić information content (AvgIpc) is 3.87. The van der Waals surface area contributed by atoms with Crippen molar-refractivity contribution in [1.29, 1.82) is 0 Å². The van der Waals surface area contributed by atoms with Gasteiger partial charge in [0.15, 0.2) is 5.82 Å². The van der Waals surface area contributed by atoms with Gasteiger partial charge in [0.2, 0.25) is 0 Å². The van der Waals surface area contributed by atoms with Gasteiger partial charge in [0.1, 0.15) is 0 Å². The van der Waals surface area contributed by atoms with E-state index < -0.39 is 0 Å². The molecule has 10 aromatic carbocycles. The first kappa shape index (κ1) is 36.1. The Morgan fingerprint density at radius 2 is 0.781 bits per heavy atom. The minimum absolute atomic E-state index is 0.692. The van der Waals surface area contributed by atoms with Crippen molar-refractivity contribution in [3.8, 4) is 56.4 Å². The molecule has 4 nitrogen and oxygen atoms in total. The first-order valence-electron chi connectivity index (χ1n) is 21.8. The van der Waals surface area contributed by atoms with E-state index in [2.05, 4.69) is 234 Å². The summed E-state index contributed by atoms with van der Waals surface area (Å²) in [4.78, 5) is 10.4. The van der Waals surface area contributed by atoms with Crippen LogP contribution >= 0.6 is 0 Å². The monoisotopic (exact) mass is 814 g/mol. The Bertz CT molecular complexity index is 3920. The molecule has 0 N–H and O–H groups in total. The summed E-state index contributed by atoms with van der Waals surface area (Å²) >= 11 is 0. The van der Waals surface area contributed by atoms with Gasteiger partial charge in [0, 0.05) is 49.3 Å². The lowest BCUT2D eigenvalue weighted by Gasteiger charge is -2.13. The van der Waals surface area contributed by atoms with E-state index in [1.165, 1.54) is 70.9 Å². The summed E-state index contributed by atoms with van der Waals surface area (Å²) < 4.78 is 4.86. The SMILES string of the molecule is c1ccc(-c2cc(-c3ccc(-n4c5ccccc5c5cc6c7ccccc7n(-c7cccc8ccccc78)c6cc54)cc3)nc(-c3ccc(-c4cccc5ccccc45)cc3)n2)cc1. The van der Waals surface area contributed by atoms with Gasteiger partial charge in [-0.1, -0.05) is 182 Å². The zero-order valence-electron chi connectivity index (χ0n) is 34.7. The Labute approximate surface area is 369 Å². The molecule has 0 saturated carbocycles. The highest BCUT2D eigenvalue weighted by Gasteiger charge is 2.20. The molecule has 0 radical (unpaired) electrons. The molecular weight excluding hydrogens is 777 g/mol. The van der Waals surface area contributed by atoms with Crippen molar-refractivity contribution in [2.45, 2.75) is 0 Å². The van der Waals surface area contributed by atoms with E-state index in [-0.39, 0.29) is 0 Å². The maximum absolute atomic E-state index is 5.24. The van der Waals surface area contributed by atoms with E-state index >= 15 is 0 Å². The Kier molecular flexibility index (Phi) is 8.18. The van der Waals surface area contributed by atoms with E-state index in [1.54, 1.807) is 0 Å². The summed E-state index contributed by atoms with van der Waals surface area (Å²) in [5.74, 6) is 0.692. The molecule has 3 heterocycles. The molecular formula is C60H38N4. The topological polar surface area (TPSA) is 35.6 Å². The van der Waals surface area contributed by atoms with Gasteiger partial charge in [0.25, 0.3) is 0 Å². The Morgan fingerprint density at radius 3 is 1.48 bits per heavy atom. The van der Waals surface area contributed by atoms with E-state index in [9.17, 15) is 0 Å². The number of hydrogen-bond donors (Lipinski definition) is 0. The molecule has 0 unspecified atom stereocenters. The molecule has 0 spiro atoms. The second-order valence-corrected chi connectivity index (χ2v) is 16.6. The van der Waals surface area contributed by atoms with Crippen molar-refractivity contribution in [2.75, 3.05) is 0 Å². The van der Waals surface area contributed by atoms with Crippen molar-refractivity contribution in [1.82, 2.24) is 19.1 Å². The molecule has 0 fully saturated rings. The number of fused-ring (bicyclic) bond motifs is 8. The fraction of sp³-hybridized carbons (Fsp3) is 0. The standard InChI is InChI=1S/C60H38N4/c1-2-16-42(17-3-1)53-37-54(62-60(61-53)44-30-28-41(29-31-44)47-24-12-18-39-14-4-6-20-46(39)47)43-32-34-45(35-33-43)63-56-25-10-8-22-49(56)51-36-52-50-23-9-11-26-57(50)64(59(52)38-58(51)63)55-27-13-19-40-15-5-7-21-48(40)55/h1-38H. The summed E-state index contributed by atoms with van der Waals surface area (Å²) in [7, 11) is 0. The predicted molar refractivity (Wildman–Crippen MR) is 267 cm³/mol. The van der Waals surface area contributed by atoms with Crippen molar-refractivity contribution in [3.05, 3.63) is 231 Å². The Hall–Kier alpha value is -8.60. The zero-order chi connectivity index (χ0) is 42.1. The number of rotatable bonds is 6. The van der Waals surface area contributed by atoms with Crippen LogP contribution < -0.4 is 0 Å². The molecule has 3 aromatic heterocycles. The maximum Gasteiger partial charge on any atom is 0.160 e. The van der Waals surface area contributed by atoms with Gasteiger partial charge in [-0.25, -0.2) is 9.97 Å². The molecule has 298 valence electrons. The number of hydrogen-bond acceptors (Lipinski definition) is 2. The third-order valence-corrected chi connectivity index (χ3v) is 12.9. The van der Waals surface area contributed by atoms with Crippen LogP contribution in [0.4, 0.5) is 0 Å². The minimum Gasteiger partial charge on any atom is -0.309 e. The van der Waals surface area contributed by atoms with Crippen LogP contribution in [0.2, 0.25) is 0 Å². The fourth-order valence-corrected chi connectivity index (χ4v) is 9.91. The Morgan fingerprint density at radius 1 is 0.281 bits per heavy atom. The molecule has 0 saturated heterocycles. The van der Waals surface area contributed by atoms with Gasteiger partial charge in [-0.3, -0.25) is 0 Å². The average molecular weight is 815 g/mol. The van der Waals surface area contributed by atoms with Crippen LogP contribution in [0, 0.1) is 0 Å². The van der Waals surface area contributed by atoms with Crippen LogP contribution in [0.1, 0.15) is 0 Å². The molecule has 0 aliphatic carbocycles. The van der Waals surface area contributed by atoms with E-state index in [0.29, 0.717) is 5.82 Å². The van der Waals surface area contributed by atoms with Crippen LogP contribution in [-0.2, 0) is 0 Å². The van der Waals surface area contributed by atoms with Crippen molar-refractivity contribution in [2.24, 2.45) is 0 Å². The van der Waals surface area contributed by atoms with Gasteiger partial charge < -0.3 is 9.13 Å². The molecule has 0 bridgehead atoms. The van der Waals surface area contributed by atoms with Crippen LogP contribution in [0.25, 0.3) is 122 Å².